The van der Waals surface area contributed by atoms with Crippen molar-refractivity contribution in [2.75, 3.05) is 10.5 Å². The lowest BCUT2D eigenvalue weighted by atomic mass is 10.1. The van der Waals surface area contributed by atoms with E-state index in [4.69, 9.17) is 5.73 Å². The molecule has 3 rings (SSSR count). The first-order valence-corrected chi connectivity index (χ1v) is 9.66. The molecule has 0 aliphatic carbocycles. The molecular weight excluding hydrogens is 372 g/mol. The van der Waals surface area contributed by atoms with Crippen LogP contribution < -0.4 is 10.5 Å². The number of nitro benzene ring substituents is 1. The van der Waals surface area contributed by atoms with Gasteiger partial charge in [0.2, 0.25) is 0 Å². The van der Waals surface area contributed by atoms with Gasteiger partial charge in [-0.3, -0.25) is 14.8 Å². The highest BCUT2D eigenvalue weighted by Crippen LogP contribution is 2.30. The smallest absolute Gasteiger partial charge is 0.273 e. The molecule has 3 N–H and O–H groups in total. The number of non-ortho nitro benzene ring substituents is 1. The van der Waals surface area contributed by atoms with Crippen LogP contribution in [0.2, 0.25) is 0 Å². The van der Waals surface area contributed by atoms with E-state index >= 15 is 0 Å². The van der Waals surface area contributed by atoms with Crippen LogP contribution in [0.3, 0.4) is 0 Å². The summed E-state index contributed by atoms with van der Waals surface area (Å²) in [6.45, 7) is 0. The maximum absolute atomic E-state index is 12.2. The maximum Gasteiger partial charge on any atom is 0.273 e. The molecule has 0 fully saturated rings. The number of anilines is 2. The van der Waals surface area contributed by atoms with Crippen LogP contribution in [-0.4, -0.2) is 18.3 Å². The molecular formula is C13H10N4O4S3. The molecule has 0 aliphatic heterocycles. The average molecular weight is 382 g/mol. The number of rotatable bonds is 5. The Hall–Kier alpha value is -2.50. The number of nitrogen functional groups attached to an aromatic ring is 1. The van der Waals surface area contributed by atoms with Gasteiger partial charge in [-0.05, 0) is 6.07 Å². The number of thiazole rings is 1. The Labute approximate surface area is 144 Å². The van der Waals surface area contributed by atoms with Crippen LogP contribution in [0.15, 0.2) is 45.3 Å². The highest BCUT2D eigenvalue weighted by molar-refractivity contribution is 7.94. The molecule has 0 saturated carbocycles. The van der Waals surface area contributed by atoms with E-state index in [-0.39, 0.29) is 15.0 Å². The fraction of sp³-hybridized carbons (Fsp3) is 0. The number of sulfonamides is 1. The zero-order chi connectivity index (χ0) is 17.3. The summed E-state index contributed by atoms with van der Waals surface area (Å²) in [6, 6.07) is 7.33. The summed E-state index contributed by atoms with van der Waals surface area (Å²) < 4.78 is 26.9. The van der Waals surface area contributed by atoms with Gasteiger partial charge in [-0.15, -0.1) is 22.7 Å². The largest absolute Gasteiger partial charge is 0.398 e. The number of hydrogen-bond acceptors (Lipinski definition) is 8. The van der Waals surface area contributed by atoms with E-state index in [0.717, 1.165) is 22.7 Å². The molecule has 1 aromatic carbocycles. The summed E-state index contributed by atoms with van der Waals surface area (Å²) in [5.74, 6) is 0. The van der Waals surface area contributed by atoms with Crippen LogP contribution in [0.5, 0.6) is 0 Å². The van der Waals surface area contributed by atoms with Gasteiger partial charge in [0.05, 0.1) is 10.6 Å². The topological polar surface area (TPSA) is 128 Å². The van der Waals surface area contributed by atoms with Crippen molar-refractivity contribution < 1.29 is 13.3 Å². The zero-order valence-electron chi connectivity index (χ0n) is 11.9. The van der Waals surface area contributed by atoms with Gasteiger partial charge in [-0.1, -0.05) is 12.1 Å². The van der Waals surface area contributed by atoms with Crippen molar-refractivity contribution in [3.05, 3.63) is 51.2 Å². The van der Waals surface area contributed by atoms with Crippen molar-refractivity contribution in [2.24, 2.45) is 0 Å². The summed E-state index contributed by atoms with van der Waals surface area (Å²) >= 11 is 2.10. The Morgan fingerprint density at radius 1 is 1.21 bits per heavy atom. The van der Waals surface area contributed by atoms with Crippen LogP contribution in [0, 0.1) is 10.1 Å². The van der Waals surface area contributed by atoms with Gasteiger partial charge in [0.15, 0.2) is 5.13 Å². The molecule has 0 amide bonds. The van der Waals surface area contributed by atoms with Crippen LogP contribution in [-0.2, 0) is 10.0 Å². The fourth-order valence-electron chi connectivity index (χ4n) is 1.87. The molecule has 124 valence electrons. The number of nitrogens with zero attached hydrogens (tertiary/aromatic N) is 2. The number of thiophene rings is 1. The Bertz CT molecular complexity index is 1010. The highest BCUT2D eigenvalue weighted by Gasteiger charge is 2.19. The number of hydrogen-bond donors (Lipinski definition) is 2. The van der Waals surface area contributed by atoms with E-state index in [2.05, 4.69) is 9.71 Å². The molecule has 0 atom stereocenters. The molecule has 2 heterocycles. The lowest BCUT2D eigenvalue weighted by molar-refractivity contribution is -0.384. The predicted octanol–water partition coefficient (Wildman–Crippen LogP) is 3.16. The van der Waals surface area contributed by atoms with Crippen LogP contribution >= 0.6 is 22.7 Å². The van der Waals surface area contributed by atoms with E-state index in [1.807, 2.05) is 0 Å². The number of benzene rings is 1. The standard InChI is InChI=1S/C13H10N4O4S3/c14-9-5-12(22-6-9)24(20,21)16-13-15-11(7-23-13)8-2-1-3-10(4-8)17(18)19/h1-7H,14H2,(H,15,16). The lowest BCUT2D eigenvalue weighted by Gasteiger charge is -2.01. The third-order valence-electron chi connectivity index (χ3n) is 2.94. The summed E-state index contributed by atoms with van der Waals surface area (Å²) in [6.07, 6.45) is 0. The second-order valence-electron chi connectivity index (χ2n) is 4.65. The van der Waals surface area contributed by atoms with Gasteiger partial charge in [0, 0.05) is 34.1 Å². The first-order valence-electron chi connectivity index (χ1n) is 6.42. The molecule has 2 aromatic heterocycles. The molecule has 0 saturated heterocycles. The van der Waals surface area contributed by atoms with Gasteiger partial charge in [0.1, 0.15) is 4.21 Å². The number of aromatic nitrogens is 1. The van der Waals surface area contributed by atoms with E-state index in [1.165, 1.54) is 23.6 Å². The summed E-state index contributed by atoms with van der Waals surface area (Å²) in [7, 11) is -3.75. The van der Waals surface area contributed by atoms with E-state index < -0.39 is 14.9 Å². The minimum Gasteiger partial charge on any atom is -0.398 e. The van der Waals surface area contributed by atoms with Crippen molar-refractivity contribution >= 4 is 49.2 Å². The van der Waals surface area contributed by atoms with Crippen molar-refractivity contribution in [3.8, 4) is 11.3 Å². The third kappa shape index (κ3) is 3.37. The molecule has 0 aliphatic rings. The second kappa shape index (κ2) is 6.19. The quantitative estimate of drug-likeness (QED) is 0.515. The lowest BCUT2D eigenvalue weighted by Crippen LogP contribution is -2.11. The molecule has 11 heteroatoms. The first kappa shape index (κ1) is 16.4. The SMILES string of the molecule is Nc1csc(S(=O)(=O)Nc2nc(-c3cccc([N+](=O)[O-])c3)cs2)c1. The van der Waals surface area contributed by atoms with Crippen molar-refractivity contribution in [3.63, 3.8) is 0 Å². The van der Waals surface area contributed by atoms with E-state index in [9.17, 15) is 18.5 Å². The molecule has 0 spiro atoms. The second-order valence-corrected chi connectivity index (χ2v) is 8.33. The van der Waals surface area contributed by atoms with E-state index in [1.54, 1.807) is 17.5 Å². The van der Waals surface area contributed by atoms with Gasteiger partial charge in [0.25, 0.3) is 15.7 Å². The van der Waals surface area contributed by atoms with Crippen LogP contribution in [0.25, 0.3) is 11.3 Å². The Balaban J connectivity index is 1.86. The fourth-order valence-corrected chi connectivity index (χ4v) is 4.92. The van der Waals surface area contributed by atoms with Gasteiger partial charge < -0.3 is 5.73 Å². The van der Waals surface area contributed by atoms with Gasteiger partial charge in [-0.2, -0.15) is 0 Å². The minimum absolute atomic E-state index is 0.0586. The minimum atomic E-state index is -3.75. The Morgan fingerprint density at radius 2 is 2.00 bits per heavy atom. The highest BCUT2D eigenvalue weighted by atomic mass is 32.2. The Morgan fingerprint density at radius 3 is 2.67 bits per heavy atom. The average Bonchev–Trinajstić information content (AvgIpc) is 3.16. The van der Waals surface area contributed by atoms with Crippen molar-refractivity contribution in [2.45, 2.75) is 4.21 Å². The number of nitrogens with one attached hydrogen (secondary N) is 1. The monoisotopic (exact) mass is 382 g/mol. The Kier molecular flexibility index (Phi) is 4.22. The van der Waals surface area contributed by atoms with Gasteiger partial charge >= 0.3 is 0 Å². The molecule has 8 nitrogen and oxygen atoms in total. The molecule has 0 unspecified atom stereocenters. The normalized spacial score (nSPS) is 11.3. The maximum atomic E-state index is 12.2. The van der Waals surface area contributed by atoms with Crippen molar-refractivity contribution in [1.82, 2.24) is 4.98 Å². The molecule has 3 aromatic rings. The summed E-state index contributed by atoms with van der Waals surface area (Å²) in [4.78, 5) is 14.5. The van der Waals surface area contributed by atoms with E-state index in [0.29, 0.717) is 16.9 Å². The predicted molar refractivity (Wildman–Crippen MR) is 93.7 cm³/mol. The third-order valence-corrected chi connectivity index (χ3v) is 6.62. The first-order chi connectivity index (χ1) is 11.3. The summed E-state index contributed by atoms with van der Waals surface area (Å²) in [5, 5.41) is 14.2. The van der Waals surface area contributed by atoms with Gasteiger partial charge in [-0.25, -0.2) is 13.4 Å². The molecule has 24 heavy (non-hydrogen) atoms. The summed E-state index contributed by atoms with van der Waals surface area (Å²) in [5.41, 5.74) is 6.84. The molecule has 0 radical (unpaired) electrons. The number of nitro groups is 1. The van der Waals surface area contributed by atoms with Crippen LogP contribution in [0.1, 0.15) is 0 Å². The molecule has 0 bridgehead atoms. The van der Waals surface area contributed by atoms with Crippen molar-refractivity contribution in [1.29, 1.82) is 0 Å². The number of nitrogens with two attached hydrogens (primary N) is 1. The van der Waals surface area contributed by atoms with Crippen LogP contribution in [0.4, 0.5) is 16.5 Å². The zero-order valence-corrected chi connectivity index (χ0v) is 14.3.